The van der Waals surface area contributed by atoms with Gasteiger partial charge in [-0.3, -0.25) is 0 Å². The Hall–Kier alpha value is -1.82. The molecule has 0 fully saturated rings. The van der Waals surface area contributed by atoms with E-state index in [0.717, 1.165) is 26.9 Å². The van der Waals surface area contributed by atoms with Gasteiger partial charge in [0.05, 0.1) is 17.4 Å². The summed E-state index contributed by atoms with van der Waals surface area (Å²) in [5.74, 6) is 0.396. The fourth-order valence-corrected chi connectivity index (χ4v) is 2.36. The van der Waals surface area contributed by atoms with E-state index in [1.165, 1.54) is 0 Å². The summed E-state index contributed by atoms with van der Waals surface area (Å²) in [5.41, 5.74) is 9.43. The number of fused-ring (bicyclic) bond motifs is 1. The maximum absolute atomic E-state index is 5.62. The molecule has 0 aliphatic rings. The lowest BCUT2D eigenvalue weighted by molar-refractivity contribution is 0.948. The first kappa shape index (κ1) is 10.3. The van der Waals surface area contributed by atoms with Gasteiger partial charge in [-0.2, -0.15) is 0 Å². The lowest BCUT2D eigenvalue weighted by Gasteiger charge is -1.99. The van der Waals surface area contributed by atoms with Gasteiger partial charge in [0.15, 0.2) is 5.95 Å². The van der Waals surface area contributed by atoms with Gasteiger partial charge in [0, 0.05) is 12.6 Å². The zero-order valence-corrected chi connectivity index (χ0v) is 10.7. The average molecular weight is 292 g/mol. The van der Waals surface area contributed by atoms with Crippen LogP contribution in [0.5, 0.6) is 0 Å². The van der Waals surface area contributed by atoms with Crippen molar-refractivity contribution >= 4 is 32.9 Å². The van der Waals surface area contributed by atoms with E-state index in [1.807, 2.05) is 29.8 Å². The van der Waals surface area contributed by atoms with Crippen LogP contribution in [0.4, 0.5) is 5.95 Å². The van der Waals surface area contributed by atoms with Crippen molar-refractivity contribution in [3.8, 4) is 11.3 Å². The van der Waals surface area contributed by atoms with E-state index in [-0.39, 0.29) is 0 Å². The Balaban J connectivity index is 2.21. The molecule has 2 heterocycles. The molecule has 0 radical (unpaired) electrons. The molecule has 3 aromatic rings. The molecule has 0 aliphatic heterocycles. The number of H-pyrrole nitrogens is 1. The largest absolute Gasteiger partial charge is 0.369 e. The molecule has 0 aliphatic carbocycles. The van der Waals surface area contributed by atoms with E-state index in [1.54, 1.807) is 6.33 Å². The molecule has 1 aromatic carbocycles. The van der Waals surface area contributed by atoms with Crippen LogP contribution < -0.4 is 5.73 Å². The maximum atomic E-state index is 5.62. The van der Waals surface area contributed by atoms with Crippen LogP contribution in [-0.2, 0) is 7.05 Å². The molecular weight excluding hydrogens is 282 g/mol. The monoisotopic (exact) mass is 291 g/mol. The molecular formula is C11H10BrN5. The predicted molar refractivity (Wildman–Crippen MR) is 70.4 cm³/mol. The average Bonchev–Trinajstić information content (AvgIpc) is 2.82. The molecule has 5 nitrogen and oxygen atoms in total. The van der Waals surface area contributed by atoms with Crippen LogP contribution >= 0.6 is 15.9 Å². The normalized spacial score (nSPS) is 11.2. The Morgan fingerprint density at radius 1 is 1.41 bits per heavy atom. The molecule has 0 spiro atoms. The number of halogens is 1. The second-order valence-corrected chi connectivity index (χ2v) is 4.64. The van der Waals surface area contributed by atoms with Gasteiger partial charge in [-0.15, -0.1) is 0 Å². The van der Waals surface area contributed by atoms with E-state index in [4.69, 9.17) is 5.73 Å². The quantitative estimate of drug-likeness (QED) is 0.723. The fraction of sp³-hybridized carbons (Fsp3) is 0.0909. The number of nitrogens with two attached hydrogens (primary N) is 1. The maximum Gasteiger partial charge on any atom is 0.198 e. The Labute approximate surface area is 106 Å². The number of aromatic amines is 1. The number of aromatic nitrogens is 4. The minimum absolute atomic E-state index is 0.396. The standard InChI is InChI=1S/C11H10BrN5/c1-17-5-14-7-4-6(2-3-8(7)17)9-10(12)16-11(13)15-9/h2-5H,1H3,(H3,13,15,16). The third-order valence-electron chi connectivity index (χ3n) is 2.68. The summed E-state index contributed by atoms with van der Waals surface area (Å²) < 4.78 is 2.76. The third kappa shape index (κ3) is 1.61. The summed E-state index contributed by atoms with van der Waals surface area (Å²) in [5, 5.41) is 0. The molecule has 0 unspecified atom stereocenters. The molecule has 3 N–H and O–H groups in total. The first-order valence-corrected chi connectivity index (χ1v) is 5.87. The van der Waals surface area contributed by atoms with Gasteiger partial charge >= 0.3 is 0 Å². The van der Waals surface area contributed by atoms with Crippen molar-refractivity contribution in [1.29, 1.82) is 0 Å². The second-order valence-electron chi connectivity index (χ2n) is 3.84. The molecule has 17 heavy (non-hydrogen) atoms. The van der Waals surface area contributed by atoms with Crippen LogP contribution in [0.2, 0.25) is 0 Å². The summed E-state index contributed by atoms with van der Waals surface area (Å²) in [6.45, 7) is 0. The fourth-order valence-electron chi connectivity index (χ4n) is 1.84. The lowest BCUT2D eigenvalue weighted by atomic mass is 10.1. The Kier molecular flexibility index (Phi) is 2.19. The molecule has 86 valence electrons. The SMILES string of the molecule is Cn1cnc2cc(-c3nc(N)[nH]c3Br)ccc21. The van der Waals surface area contributed by atoms with Crippen molar-refractivity contribution in [2.45, 2.75) is 0 Å². The van der Waals surface area contributed by atoms with Gasteiger partial charge < -0.3 is 15.3 Å². The van der Waals surface area contributed by atoms with Crippen molar-refractivity contribution in [2.24, 2.45) is 7.05 Å². The number of hydrogen-bond acceptors (Lipinski definition) is 3. The molecule has 6 heteroatoms. The van der Waals surface area contributed by atoms with Gasteiger partial charge in [0.25, 0.3) is 0 Å². The summed E-state index contributed by atoms with van der Waals surface area (Å²) in [4.78, 5) is 11.5. The number of anilines is 1. The first-order chi connectivity index (χ1) is 8.15. The number of aryl methyl sites for hydroxylation is 1. The third-order valence-corrected chi connectivity index (χ3v) is 3.25. The number of benzene rings is 1. The number of nitrogen functional groups attached to an aromatic ring is 1. The van der Waals surface area contributed by atoms with Crippen LogP contribution in [0, 0.1) is 0 Å². The Bertz CT molecular complexity index is 697. The topological polar surface area (TPSA) is 72.5 Å². The first-order valence-electron chi connectivity index (χ1n) is 5.07. The number of nitrogens with zero attached hydrogens (tertiary/aromatic N) is 3. The highest BCUT2D eigenvalue weighted by Gasteiger charge is 2.10. The molecule has 2 aromatic heterocycles. The van der Waals surface area contributed by atoms with Crippen LogP contribution in [0.25, 0.3) is 22.3 Å². The number of imidazole rings is 2. The van der Waals surface area contributed by atoms with E-state index in [0.29, 0.717) is 5.95 Å². The van der Waals surface area contributed by atoms with Gasteiger partial charge in [-0.25, -0.2) is 9.97 Å². The molecule has 0 atom stereocenters. The zero-order chi connectivity index (χ0) is 12.0. The summed E-state index contributed by atoms with van der Waals surface area (Å²) >= 11 is 3.40. The lowest BCUT2D eigenvalue weighted by Crippen LogP contribution is -1.86. The van der Waals surface area contributed by atoms with Gasteiger partial charge in [-0.1, -0.05) is 6.07 Å². The Morgan fingerprint density at radius 3 is 2.94 bits per heavy atom. The van der Waals surface area contributed by atoms with Crippen molar-refractivity contribution < 1.29 is 0 Å². The number of hydrogen-bond donors (Lipinski definition) is 2. The summed E-state index contributed by atoms with van der Waals surface area (Å²) in [6, 6.07) is 6.02. The molecule has 0 saturated heterocycles. The van der Waals surface area contributed by atoms with Gasteiger partial charge in [0.1, 0.15) is 10.3 Å². The minimum Gasteiger partial charge on any atom is -0.369 e. The van der Waals surface area contributed by atoms with Crippen LogP contribution in [-0.4, -0.2) is 19.5 Å². The van der Waals surface area contributed by atoms with E-state index in [9.17, 15) is 0 Å². The zero-order valence-electron chi connectivity index (χ0n) is 9.11. The van der Waals surface area contributed by atoms with Crippen molar-refractivity contribution in [2.75, 3.05) is 5.73 Å². The highest BCUT2D eigenvalue weighted by Crippen LogP contribution is 2.28. The van der Waals surface area contributed by atoms with Crippen molar-refractivity contribution in [3.63, 3.8) is 0 Å². The molecule has 0 amide bonds. The number of rotatable bonds is 1. The molecule has 0 bridgehead atoms. The predicted octanol–water partition coefficient (Wildman–Crippen LogP) is 2.31. The van der Waals surface area contributed by atoms with Crippen molar-refractivity contribution in [3.05, 3.63) is 29.1 Å². The van der Waals surface area contributed by atoms with Gasteiger partial charge in [0.2, 0.25) is 0 Å². The van der Waals surface area contributed by atoms with Crippen LogP contribution in [0.15, 0.2) is 29.1 Å². The highest BCUT2D eigenvalue weighted by atomic mass is 79.9. The van der Waals surface area contributed by atoms with E-state index >= 15 is 0 Å². The second kappa shape index (κ2) is 3.59. The van der Waals surface area contributed by atoms with E-state index in [2.05, 4.69) is 30.9 Å². The van der Waals surface area contributed by atoms with E-state index < -0.39 is 0 Å². The molecule has 3 rings (SSSR count). The highest BCUT2D eigenvalue weighted by molar-refractivity contribution is 9.10. The summed E-state index contributed by atoms with van der Waals surface area (Å²) in [7, 11) is 1.97. The number of nitrogens with one attached hydrogen (secondary N) is 1. The smallest absolute Gasteiger partial charge is 0.198 e. The van der Waals surface area contributed by atoms with Crippen LogP contribution in [0.3, 0.4) is 0 Å². The molecule has 0 saturated carbocycles. The van der Waals surface area contributed by atoms with Crippen molar-refractivity contribution in [1.82, 2.24) is 19.5 Å². The minimum atomic E-state index is 0.396. The Morgan fingerprint density at radius 2 is 2.24 bits per heavy atom. The summed E-state index contributed by atoms with van der Waals surface area (Å²) in [6.07, 6.45) is 1.79. The van der Waals surface area contributed by atoms with Crippen LogP contribution in [0.1, 0.15) is 0 Å². The van der Waals surface area contributed by atoms with Gasteiger partial charge in [-0.05, 0) is 28.1 Å².